The maximum absolute atomic E-state index is 11.8. The molecule has 0 saturated carbocycles. The van der Waals surface area contributed by atoms with Crippen LogP contribution in [0, 0.1) is 0 Å². The fourth-order valence-corrected chi connectivity index (χ4v) is 2.18. The average molecular weight is 463 g/mol. The van der Waals surface area contributed by atoms with Crippen LogP contribution in [0.3, 0.4) is 0 Å². The Balaban J connectivity index is -0.000000502. The van der Waals surface area contributed by atoms with Gasteiger partial charge < -0.3 is 14.4 Å². The first kappa shape index (κ1) is 32.5. The second-order valence-corrected chi connectivity index (χ2v) is 8.38. The monoisotopic (exact) mass is 463 g/mol. The Hall–Kier alpha value is -1.12. The van der Waals surface area contributed by atoms with Crippen molar-refractivity contribution in [2.24, 2.45) is 0 Å². The van der Waals surface area contributed by atoms with E-state index in [0.29, 0.717) is 23.7 Å². The Kier molecular flexibility index (Phi) is 18.7. The van der Waals surface area contributed by atoms with E-state index >= 15 is 0 Å². The number of carbonyl (C=O) groups is 1. The van der Waals surface area contributed by atoms with E-state index in [4.69, 9.17) is 0 Å². The topological polar surface area (TPSA) is 89.5 Å². The SMILES string of the molecule is CN(C)CF.C[N+](C)(CCCCS(=O)(=O)[O-])CCCNC(=O)F.FCC(F)(F)F. The molecule has 0 saturated heterocycles. The molecule has 0 rings (SSSR count). The van der Waals surface area contributed by atoms with Gasteiger partial charge in [0.25, 0.3) is 0 Å². The van der Waals surface area contributed by atoms with E-state index in [1.807, 2.05) is 14.1 Å². The fourth-order valence-electron chi connectivity index (χ4n) is 1.62. The van der Waals surface area contributed by atoms with Gasteiger partial charge in [0.1, 0.15) is 6.80 Å². The number of amides is 1. The van der Waals surface area contributed by atoms with Gasteiger partial charge in [-0.25, -0.2) is 22.0 Å². The lowest BCUT2D eigenvalue weighted by Gasteiger charge is -2.30. The number of hydrogen-bond acceptors (Lipinski definition) is 5. The molecule has 0 bridgehead atoms. The van der Waals surface area contributed by atoms with Crippen LogP contribution in [0.4, 0.5) is 31.1 Å². The lowest BCUT2D eigenvalue weighted by Crippen LogP contribution is -2.42. The number of halogens is 6. The first-order valence-corrected chi connectivity index (χ1v) is 10.1. The van der Waals surface area contributed by atoms with Crippen LogP contribution in [-0.4, -0.2) is 102 Å². The Morgan fingerprint density at radius 2 is 1.48 bits per heavy atom. The number of carbonyl (C=O) groups excluding carboxylic acids is 1. The first-order valence-electron chi connectivity index (χ1n) is 8.48. The van der Waals surface area contributed by atoms with Crippen molar-refractivity contribution in [2.75, 3.05) is 67.1 Å². The molecule has 0 heterocycles. The molecule has 1 amide bonds. The van der Waals surface area contributed by atoms with Gasteiger partial charge >= 0.3 is 12.3 Å². The van der Waals surface area contributed by atoms with E-state index < -0.39 is 29.1 Å². The minimum Gasteiger partial charge on any atom is -0.748 e. The van der Waals surface area contributed by atoms with E-state index in [-0.39, 0.29) is 19.1 Å². The number of alkyl halides is 5. The van der Waals surface area contributed by atoms with E-state index in [1.165, 1.54) is 4.90 Å². The summed E-state index contributed by atoms with van der Waals surface area (Å²) in [5, 5.41) is 2.07. The van der Waals surface area contributed by atoms with Crippen molar-refractivity contribution >= 4 is 16.3 Å². The van der Waals surface area contributed by atoms with E-state index in [0.717, 1.165) is 13.1 Å². The van der Waals surface area contributed by atoms with Gasteiger partial charge in [0, 0.05) is 18.7 Å². The molecular formula is C15H31F6N3O4S. The Morgan fingerprint density at radius 1 is 1.07 bits per heavy atom. The second-order valence-electron chi connectivity index (χ2n) is 6.85. The van der Waals surface area contributed by atoms with Crippen LogP contribution in [0.2, 0.25) is 0 Å². The molecule has 1 N–H and O–H groups in total. The third-order valence-corrected chi connectivity index (χ3v) is 3.79. The maximum atomic E-state index is 11.8. The molecule has 14 heteroatoms. The highest BCUT2D eigenvalue weighted by atomic mass is 32.2. The van der Waals surface area contributed by atoms with Crippen LogP contribution >= 0.6 is 0 Å². The Morgan fingerprint density at radius 3 is 1.79 bits per heavy atom. The van der Waals surface area contributed by atoms with E-state index in [2.05, 4.69) is 5.32 Å². The molecule has 0 spiro atoms. The Labute approximate surface area is 168 Å². The lowest BCUT2D eigenvalue weighted by atomic mass is 10.2. The van der Waals surface area contributed by atoms with Gasteiger partial charge in [0.05, 0.1) is 37.3 Å². The zero-order valence-corrected chi connectivity index (χ0v) is 17.9. The van der Waals surface area contributed by atoms with Crippen molar-refractivity contribution < 1.29 is 48.6 Å². The summed E-state index contributed by atoms with van der Waals surface area (Å²) in [5.74, 6) is -0.328. The molecule has 0 atom stereocenters. The van der Waals surface area contributed by atoms with Gasteiger partial charge in [0.15, 0.2) is 6.67 Å². The van der Waals surface area contributed by atoms with Crippen molar-refractivity contribution in [3.8, 4) is 0 Å². The molecule has 7 nitrogen and oxygen atoms in total. The van der Waals surface area contributed by atoms with Crippen LogP contribution in [0.5, 0.6) is 0 Å². The normalized spacial score (nSPS) is 11.9. The molecule has 0 unspecified atom stereocenters. The van der Waals surface area contributed by atoms with E-state index in [1.54, 1.807) is 14.1 Å². The highest BCUT2D eigenvalue weighted by molar-refractivity contribution is 7.85. The maximum Gasteiger partial charge on any atom is 0.416 e. The zero-order valence-electron chi connectivity index (χ0n) is 17.1. The number of nitrogens with zero attached hydrogens (tertiary/aromatic N) is 2. The van der Waals surface area contributed by atoms with Gasteiger partial charge in [-0.2, -0.15) is 13.2 Å². The van der Waals surface area contributed by atoms with Gasteiger partial charge in [0.2, 0.25) is 0 Å². The van der Waals surface area contributed by atoms with E-state index in [9.17, 15) is 44.1 Å². The summed E-state index contributed by atoms with van der Waals surface area (Å²) in [4.78, 5) is 11.5. The molecule has 0 fully saturated rings. The predicted molar refractivity (Wildman–Crippen MR) is 96.5 cm³/mol. The van der Waals surface area contributed by atoms with Crippen molar-refractivity contribution in [2.45, 2.75) is 25.4 Å². The molecule has 0 aliphatic carbocycles. The molecule has 29 heavy (non-hydrogen) atoms. The molecule has 0 aliphatic heterocycles. The van der Waals surface area contributed by atoms with Crippen LogP contribution in [0.15, 0.2) is 0 Å². The number of hydrogen-bond donors (Lipinski definition) is 1. The van der Waals surface area contributed by atoms with Gasteiger partial charge in [-0.1, -0.05) is 0 Å². The molecule has 0 radical (unpaired) electrons. The molecule has 0 aromatic rings. The first-order chi connectivity index (χ1) is 13.0. The smallest absolute Gasteiger partial charge is 0.416 e. The predicted octanol–water partition coefficient (Wildman–Crippen LogP) is 2.45. The third kappa shape index (κ3) is 38.2. The minimum atomic E-state index is -4.62. The summed E-state index contributed by atoms with van der Waals surface area (Å²) in [7, 11) is 3.17. The zero-order chi connectivity index (χ0) is 23.7. The number of quaternary nitrogens is 1. The summed E-state index contributed by atoms with van der Waals surface area (Å²) < 4.78 is 96.3. The average Bonchev–Trinajstić information content (AvgIpc) is 2.55. The van der Waals surface area contributed by atoms with Gasteiger partial charge in [-0.3, -0.25) is 4.90 Å². The van der Waals surface area contributed by atoms with Crippen LogP contribution in [-0.2, 0) is 10.1 Å². The molecule has 0 aliphatic rings. The summed E-state index contributed by atoms with van der Waals surface area (Å²) in [5.41, 5.74) is 0. The van der Waals surface area contributed by atoms with Gasteiger partial charge in [-0.15, -0.1) is 4.39 Å². The summed E-state index contributed by atoms with van der Waals surface area (Å²) >= 11 is 0. The second kappa shape index (κ2) is 16.7. The van der Waals surface area contributed by atoms with Crippen LogP contribution < -0.4 is 5.32 Å². The third-order valence-electron chi connectivity index (χ3n) is 3.00. The quantitative estimate of drug-likeness (QED) is 0.134. The summed E-state index contributed by atoms with van der Waals surface area (Å²) in [6.45, 7) is -0.831. The number of unbranched alkanes of at least 4 members (excludes halogenated alkanes) is 1. The highest BCUT2D eigenvalue weighted by Crippen LogP contribution is 2.13. The largest absolute Gasteiger partial charge is 0.748 e. The van der Waals surface area contributed by atoms with Crippen molar-refractivity contribution in [1.82, 2.24) is 10.2 Å². The Bertz CT molecular complexity index is 517. The molecule has 0 aromatic carbocycles. The highest BCUT2D eigenvalue weighted by Gasteiger charge is 2.26. The van der Waals surface area contributed by atoms with Crippen molar-refractivity contribution in [3.05, 3.63) is 0 Å². The van der Waals surface area contributed by atoms with Crippen molar-refractivity contribution in [3.63, 3.8) is 0 Å². The van der Waals surface area contributed by atoms with Gasteiger partial charge in [-0.05, 0) is 26.9 Å². The minimum absolute atomic E-state index is 0.284. The van der Waals surface area contributed by atoms with Crippen LogP contribution in [0.25, 0.3) is 0 Å². The van der Waals surface area contributed by atoms with Crippen LogP contribution in [0.1, 0.15) is 19.3 Å². The summed E-state index contributed by atoms with van der Waals surface area (Å²) in [6, 6.07) is 0. The summed E-state index contributed by atoms with van der Waals surface area (Å²) in [6.07, 6.45) is -4.51. The molecule has 0 aromatic heterocycles. The number of nitrogens with one attached hydrogen (secondary N) is 1. The fraction of sp³-hybridized carbons (Fsp3) is 0.933. The standard InChI is InChI=1S/C10H21FN2O4S.C3H8FN.C2H2F4/c1-13(2,8-5-6-12-10(11)14)7-3-4-9-18(15,16)17;1-5(2)3-4;3-1-2(4,5)6/h3-9H2,1-2H3,(H-,12,14,15,16,17);3H2,1-2H3;1H2. The number of rotatable bonds is 10. The molecule has 178 valence electrons. The lowest BCUT2D eigenvalue weighted by molar-refractivity contribution is -0.890. The van der Waals surface area contributed by atoms with Crippen molar-refractivity contribution in [1.29, 1.82) is 0 Å². The molecular weight excluding hydrogens is 432 g/mol.